The molecule has 33 heavy (non-hydrogen) atoms. The molecule has 6 rings (SSSR count). The van der Waals surface area contributed by atoms with Crippen LogP contribution < -0.4 is 5.32 Å². The third-order valence-corrected chi connectivity index (χ3v) is 5.85. The van der Waals surface area contributed by atoms with E-state index in [1.807, 2.05) is 37.4 Å². The second-order valence-electron chi connectivity index (χ2n) is 8.04. The predicted octanol–water partition coefficient (Wildman–Crippen LogP) is 4.94. The first kappa shape index (κ1) is 19.6. The highest BCUT2D eigenvalue weighted by molar-refractivity contribution is 6.31. The van der Waals surface area contributed by atoms with Crippen LogP contribution in [0.25, 0.3) is 33.0 Å². The molecule has 162 valence electrons. The molecule has 4 aromatic heterocycles. The van der Waals surface area contributed by atoms with Gasteiger partial charge >= 0.3 is 0 Å². The van der Waals surface area contributed by atoms with Gasteiger partial charge in [0.15, 0.2) is 11.5 Å². The van der Waals surface area contributed by atoms with Gasteiger partial charge in [0.25, 0.3) is 0 Å². The number of hydrogen-bond acceptors (Lipinski definition) is 6. The zero-order valence-corrected chi connectivity index (χ0v) is 18.5. The molecular weight excluding hydrogens is 436 g/mol. The Kier molecular flexibility index (Phi) is 4.66. The van der Waals surface area contributed by atoms with E-state index >= 15 is 0 Å². The van der Waals surface area contributed by atoms with E-state index in [-0.39, 0.29) is 0 Å². The molecule has 0 atom stereocenters. The summed E-state index contributed by atoms with van der Waals surface area (Å²) < 4.78 is 0. The molecule has 0 aliphatic rings. The Bertz CT molecular complexity index is 1630. The molecule has 0 aliphatic carbocycles. The molecule has 0 bridgehead atoms. The molecule has 3 N–H and O–H groups in total. The SMILES string of the molecule is Cc1cnc2ccc(Cc3nc4ncnc(NCc5[nH]nc6ccc(Cl)cc56)c4[nH]3)cc2c1. The van der Waals surface area contributed by atoms with Gasteiger partial charge < -0.3 is 10.3 Å². The van der Waals surface area contributed by atoms with Gasteiger partial charge in [-0.15, -0.1) is 0 Å². The van der Waals surface area contributed by atoms with E-state index in [0.29, 0.717) is 29.5 Å². The highest BCUT2D eigenvalue weighted by Crippen LogP contribution is 2.23. The minimum Gasteiger partial charge on any atom is -0.363 e. The summed E-state index contributed by atoms with van der Waals surface area (Å²) >= 11 is 6.15. The summed E-state index contributed by atoms with van der Waals surface area (Å²) in [6.45, 7) is 2.56. The van der Waals surface area contributed by atoms with Crippen LogP contribution in [-0.4, -0.2) is 35.1 Å². The van der Waals surface area contributed by atoms with Gasteiger partial charge in [0.05, 0.1) is 23.3 Å². The van der Waals surface area contributed by atoms with Crippen LogP contribution in [0.3, 0.4) is 0 Å². The first-order valence-electron chi connectivity index (χ1n) is 10.5. The van der Waals surface area contributed by atoms with Gasteiger partial charge in [-0.1, -0.05) is 17.7 Å². The van der Waals surface area contributed by atoms with E-state index in [9.17, 15) is 0 Å². The summed E-state index contributed by atoms with van der Waals surface area (Å²) in [6.07, 6.45) is 4.06. The number of anilines is 1. The zero-order chi connectivity index (χ0) is 22.4. The highest BCUT2D eigenvalue weighted by Gasteiger charge is 2.12. The summed E-state index contributed by atoms with van der Waals surface area (Å²) in [5, 5.41) is 13.5. The zero-order valence-electron chi connectivity index (χ0n) is 17.7. The number of nitrogens with one attached hydrogen (secondary N) is 3. The third-order valence-electron chi connectivity index (χ3n) is 5.62. The number of aromatic amines is 2. The van der Waals surface area contributed by atoms with Crippen LogP contribution in [-0.2, 0) is 13.0 Å². The number of fused-ring (bicyclic) bond motifs is 3. The van der Waals surface area contributed by atoms with Crippen molar-refractivity contribution in [1.82, 2.24) is 35.1 Å². The molecule has 0 aliphatic heterocycles. The lowest BCUT2D eigenvalue weighted by Gasteiger charge is -2.05. The van der Waals surface area contributed by atoms with E-state index in [0.717, 1.165) is 50.0 Å². The van der Waals surface area contributed by atoms with Crippen molar-refractivity contribution in [3.8, 4) is 0 Å². The van der Waals surface area contributed by atoms with E-state index in [1.165, 1.54) is 6.33 Å². The lowest BCUT2D eigenvalue weighted by Crippen LogP contribution is -2.03. The minimum absolute atomic E-state index is 0.508. The quantitative estimate of drug-likeness (QED) is 0.340. The monoisotopic (exact) mass is 454 g/mol. The van der Waals surface area contributed by atoms with Crippen molar-refractivity contribution in [2.75, 3.05) is 5.32 Å². The summed E-state index contributed by atoms with van der Waals surface area (Å²) in [6, 6.07) is 14.0. The Morgan fingerprint density at radius 1 is 1.00 bits per heavy atom. The Morgan fingerprint density at radius 2 is 1.91 bits per heavy atom. The lowest BCUT2D eigenvalue weighted by molar-refractivity contribution is 0.986. The first-order valence-corrected chi connectivity index (χ1v) is 10.9. The minimum atomic E-state index is 0.508. The standard InChI is InChI=1S/C24H19ClN8/c1-13-6-15-7-14(2-4-18(15)26-10-13)8-21-30-22-23(28-12-29-24(22)31-21)27-11-20-17-9-16(25)3-5-19(17)32-33-20/h2-7,9-10,12H,8,11H2,1H3,(H,32,33)(H2,27,28,29,30,31). The summed E-state index contributed by atoms with van der Waals surface area (Å²) in [5.41, 5.74) is 6.47. The molecule has 0 saturated carbocycles. The maximum atomic E-state index is 6.15. The number of pyridine rings is 1. The number of aryl methyl sites for hydroxylation is 1. The molecule has 0 radical (unpaired) electrons. The number of aromatic nitrogens is 7. The van der Waals surface area contributed by atoms with Crippen LogP contribution in [0.2, 0.25) is 5.02 Å². The van der Waals surface area contributed by atoms with Gasteiger partial charge in [0.2, 0.25) is 0 Å². The number of nitrogens with zero attached hydrogens (tertiary/aromatic N) is 5. The molecule has 6 aromatic rings. The number of imidazole rings is 1. The summed E-state index contributed by atoms with van der Waals surface area (Å²) in [7, 11) is 0. The predicted molar refractivity (Wildman–Crippen MR) is 129 cm³/mol. The summed E-state index contributed by atoms with van der Waals surface area (Å²) in [5.74, 6) is 1.51. The van der Waals surface area contributed by atoms with E-state index in [2.05, 4.69) is 58.6 Å². The molecule has 0 amide bonds. The first-order chi connectivity index (χ1) is 16.1. The maximum absolute atomic E-state index is 6.15. The van der Waals surface area contributed by atoms with Crippen molar-refractivity contribution in [3.63, 3.8) is 0 Å². The van der Waals surface area contributed by atoms with Crippen molar-refractivity contribution < 1.29 is 0 Å². The molecule has 0 spiro atoms. The molecule has 8 nitrogen and oxygen atoms in total. The van der Waals surface area contributed by atoms with E-state index in [4.69, 9.17) is 11.6 Å². The maximum Gasteiger partial charge on any atom is 0.183 e. The van der Waals surface area contributed by atoms with Crippen molar-refractivity contribution in [2.45, 2.75) is 19.9 Å². The van der Waals surface area contributed by atoms with Crippen molar-refractivity contribution in [2.24, 2.45) is 0 Å². The molecule has 4 heterocycles. The average molecular weight is 455 g/mol. The van der Waals surface area contributed by atoms with Gasteiger partial charge in [-0.25, -0.2) is 15.0 Å². The van der Waals surface area contributed by atoms with E-state index < -0.39 is 0 Å². The fourth-order valence-corrected chi connectivity index (χ4v) is 4.20. The number of H-pyrrole nitrogens is 2. The molecular formula is C24H19ClN8. The van der Waals surface area contributed by atoms with Crippen LogP contribution in [0.4, 0.5) is 5.82 Å². The van der Waals surface area contributed by atoms with Gasteiger partial charge in [-0.3, -0.25) is 10.1 Å². The second kappa shape index (κ2) is 7.83. The van der Waals surface area contributed by atoms with Gasteiger partial charge in [-0.05, 0) is 54.4 Å². The van der Waals surface area contributed by atoms with Crippen LogP contribution in [0.5, 0.6) is 0 Å². The number of rotatable bonds is 5. The Balaban J connectivity index is 1.27. The number of benzene rings is 2. The highest BCUT2D eigenvalue weighted by atomic mass is 35.5. The summed E-state index contributed by atoms with van der Waals surface area (Å²) in [4.78, 5) is 21.3. The van der Waals surface area contributed by atoms with Crippen LogP contribution in [0.1, 0.15) is 22.6 Å². The Morgan fingerprint density at radius 3 is 2.85 bits per heavy atom. The fourth-order valence-electron chi connectivity index (χ4n) is 4.03. The number of halogens is 1. The fraction of sp³-hybridized carbons (Fsp3) is 0.125. The number of hydrogen-bond donors (Lipinski definition) is 3. The largest absolute Gasteiger partial charge is 0.363 e. The Hall–Kier alpha value is -4.04. The van der Waals surface area contributed by atoms with Gasteiger partial charge in [0, 0.05) is 28.4 Å². The second-order valence-corrected chi connectivity index (χ2v) is 8.47. The van der Waals surface area contributed by atoms with Crippen molar-refractivity contribution >= 4 is 50.4 Å². The molecule has 2 aromatic carbocycles. The van der Waals surface area contributed by atoms with Crippen LogP contribution in [0, 0.1) is 6.92 Å². The average Bonchev–Trinajstić information content (AvgIpc) is 3.40. The van der Waals surface area contributed by atoms with Crippen molar-refractivity contribution in [3.05, 3.63) is 82.7 Å². The third kappa shape index (κ3) is 3.74. The smallest absolute Gasteiger partial charge is 0.183 e. The molecule has 0 unspecified atom stereocenters. The molecule has 0 saturated heterocycles. The topological polar surface area (TPSA) is 108 Å². The van der Waals surface area contributed by atoms with Crippen LogP contribution >= 0.6 is 11.6 Å². The van der Waals surface area contributed by atoms with Gasteiger partial charge in [-0.2, -0.15) is 5.10 Å². The van der Waals surface area contributed by atoms with Gasteiger partial charge in [0.1, 0.15) is 17.7 Å². The Labute approximate surface area is 193 Å². The van der Waals surface area contributed by atoms with Crippen molar-refractivity contribution in [1.29, 1.82) is 0 Å². The molecule has 0 fully saturated rings. The lowest BCUT2D eigenvalue weighted by atomic mass is 10.1. The van der Waals surface area contributed by atoms with E-state index in [1.54, 1.807) is 0 Å². The van der Waals surface area contributed by atoms with Crippen LogP contribution in [0.15, 0.2) is 55.0 Å². The normalized spacial score (nSPS) is 11.6. The molecule has 9 heteroatoms.